The van der Waals surface area contributed by atoms with Crippen LogP contribution in [0.25, 0.3) is 0 Å². The molecule has 0 aromatic carbocycles. The number of nitrogens with zero attached hydrogens (tertiary/aromatic N) is 1. The molecular weight excluding hydrogens is 172 g/mol. The molecule has 0 saturated carbocycles. The first-order chi connectivity index (χ1) is 6.79. The molecule has 1 aliphatic heterocycles. The van der Waals surface area contributed by atoms with Crippen molar-refractivity contribution in [1.82, 2.24) is 10.2 Å². The highest BCUT2D eigenvalue weighted by atomic mass is 15.2. The number of nitrogens with one attached hydrogen (secondary N) is 1. The first kappa shape index (κ1) is 12.0. The Hall–Kier alpha value is -0.0800. The zero-order valence-corrected chi connectivity index (χ0v) is 10.1. The minimum Gasteiger partial charge on any atom is -0.316 e. The quantitative estimate of drug-likeness (QED) is 0.729. The van der Waals surface area contributed by atoms with E-state index >= 15 is 0 Å². The number of hydrogen-bond acceptors (Lipinski definition) is 2. The molecule has 0 spiro atoms. The normalized spacial score (nSPS) is 26.4. The average Bonchev–Trinajstić information content (AvgIpc) is 2.25. The van der Waals surface area contributed by atoms with Gasteiger partial charge in [0.25, 0.3) is 0 Å². The highest BCUT2D eigenvalue weighted by Crippen LogP contribution is 2.19. The van der Waals surface area contributed by atoms with Gasteiger partial charge in [-0.3, -0.25) is 4.90 Å². The lowest BCUT2D eigenvalue weighted by atomic mass is 9.96. The maximum Gasteiger partial charge on any atom is 0.0246 e. The summed E-state index contributed by atoms with van der Waals surface area (Å²) < 4.78 is 0. The van der Waals surface area contributed by atoms with Crippen molar-refractivity contribution in [1.29, 1.82) is 0 Å². The van der Waals surface area contributed by atoms with Crippen LogP contribution in [0.15, 0.2) is 0 Å². The van der Waals surface area contributed by atoms with E-state index in [9.17, 15) is 0 Å². The summed E-state index contributed by atoms with van der Waals surface area (Å²) in [4.78, 5) is 2.69. The molecule has 0 amide bonds. The third kappa shape index (κ3) is 3.25. The fourth-order valence-electron chi connectivity index (χ4n) is 2.41. The number of likely N-dealkylation sites (tertiary alicyclic amines) is 1. The predicted octanol–water partition coefficient (Wildman–Crippen LogP) is 2.25. The molecule has 2 atom stereocenters. The zero-order chi connectivity index (χ0) is 10.4. The van der Waals surface area contributed by atoms with Gasteiger partial charge in [0, 0.05) is 12.1 Å². The van der Waals surface area contributed by atoms with E-state index in [1.54, 1.807) is 0 Å². The maximum absolute atomic E-state index is 3.40. The minimum absolute atomic E-state index is 0.646. The largest absolute Gasteiger partial charge is 0.316 e. The van der Waals surface area contributed by atoms with Crippen molar-refractivity contribution in [3.8, 4) is 0 Å². The van der Waals surface area contributed by atoms with E-state index in [1.165, 1.54) is 45.2 Å². The molecule has 1 N–H and O–H groups in total. The Morgan fingerprint density at radius 3 is 2.86 bits per heavy atom. The fraction of sp³-hybridized carbons (Fsp3) is 1.00. The van der Waals surface area contributed by atoms with E-state index in [0.717, 1.165) is 6.04 Å². The summed E-state index contributed by atoms with van der Waals surface area (Å²) >= 11 is 0. The van der Waals surface area contributed by atoms with Gasteiger partial charge < -0.3 is 5.32 Å². The van der Waals surface area contributed by atoms with Gasteiger partial charge in [0.1, 0.15) is 0 Å². The Kier molecular flexibility index (Phi) is 5.49. The molecule has 84 valence electrons. The smallest absolute Gasteiger partial charge is 0.0246 e. The van der Waals surface area contributed by atoms with Crippen LogP contribution in [0, 0.1) is 0 Å². The van der Waals surface area contributed by atoms with Crippen molar-refractivity contribution in [3.05, 3.63) is 0 Å². The highest BCUT2D eigenvalue weighted by molar-refractivity contribution is 4.84. The topological polar surface area (TPSA) is 15.3 Å². The van der Waals surface area contributed by atoms with Gasteiger partial charge >= 0.3 is 0 Å². The molecule has 1 aliphatic rings. The fourth-order valence-corrected chi connectivity index (χ4v) is 2.41. The van der Waals surface area contributed by atoms with Crippen LogP contribution in [0.4, 0.5) is 0 Å². The summed E-state index contributed by atoms with van der Waals surface area (Å²) in [5, 5.41) is 3.40. The molecule has 0 bridgehead atoms. The molecule has 2 unspecified atom stereocenters. The van der Waals surface area contributed by atoms with Crippen molar-refractivity contribution in [2.75, 3.05) is 20.1 Å². The SMILES string of the molecule is CCCCN1CCCCC1C(C)NC. The van der Waals surface area contributed by atoms with Gasteiger partial charge in [-0.2, -0.15) is 0 Å². The van der Waals surface area contributed by atoms with Gasteiger partial charge in [-0.15, -0.1) is 0 Å². The van der Waals surface area contributed by atoms with E-state index in [1.807, 2.05) is 0 Å². The van der Waals surface area contributed by atoms with Crippen LogP contribution in [-0.2, 0) is 0 Å². The molecule has 2 nitrogen and oxygen atoms in total. The van der Waals surface area contributed by atoms with Crippen LogP contribution >= 0.6 is 0 Å². The monoisotopic (exact) mass is 198 g/mol. The lowest BCUT2D eigenvalue weighted by Crippen LogP contribution is -2.50. The summed E-state index contributed by atoms with van der Waals surface area (Å²) in [6.45, 7) is 7.21. The van der Waals surface area contributed by atoms with Crippen molar-refractivity contribution in [2.24, 2.45) is 0 Å². The van der Waals surface area contributed by atoms with Crippen LogP contribution in [0.5, 0.6) is 0 Å². The Labute approximate surface area is 89.1 Å². The molecule has 2 heteroatoms. The summed E-state index contributed by atoms with van der Waals surface area (Å²) in [5.41, 5.74) is 0. The van der Waals surface area contributed by atoms with Crippen molar-refractivity contribution >= 4 is 0 Å². The lowest BCUT2D eigenvalue weighted by molar-refractivity contribution is 0.120. The van der Waals surface area contributed by atoms with Crippen molar-refractivity contribution < 1.29 is 0 Å². The van der Waals surface area contributed by atoms with E-state index in [0.29, 0.717) is 6.04 Å². The van der Waals surface area contributed by atoms with Crippen LogP contribution < -0.4 is 5.32 Å². The second-order valence-electron chi connectivity index (χ2n) is 4.53. The number of piperidine rings is 1. The van der Waals surface area contributed by atoms with Gasteiger partial charge in [0.15, 0.2) is 0 Å². The van der Waals surface area contributed by atoms with Gasteiger partial charge in [-0.1, -0.05) is 19.8 Å². The van der Waals surface area contributed by atoms with Crippen LogP contribution in [-0.4, -0.2) is 37.1 Å². The Morgan fingerprint density at radius 2 is 2.21 bits per heavy atom. The lowest BCUT2D eigenvalue weighted by Gasteiger charge is -2.39. The average molecular weight is 198 g/mol. The van der Waals surface area contributed by atoms with Gasteiger partial charge in [0.05, 0.1) is 0 Å². The molecule has 0 aromatic rings. The second-order valence-corrected chi connectivity index (χ2v) is 4.53. The zero-order valence-electron chi connectivity index (χ0n) is 10.1. The van der Waals surface area contributed by atoms with E-state index in [-0.39, 0.29) is 0 Å². The molecule has 0 aliphatic carbocycles. The number of rotatable bonds is 5. The Bertz CT molecular complexity index is 147. The van der Waals surface area contributed by atoms with Crippen LogP contribution in [0.2, 0.25) is 0 Å². The first-order valence-electron chi connectivity index (χ1n) is 6.21. The minimum atomic E-state index is 0.646. The predicted molar refractivity (Wildman–Crippen MR) is 62.6 cm³/mol. The molecule has 0 aromatic heterocycles. The molecular formula is C12H26N2. The van der Waals surface area contributed by atoms with Gasteiger partial charge in [-0.05, 0) is 46.3 Å². The third-order valence-corrected chi connectivity index (χ3v) is 3.50. The van der Waals surface area contributed by atoms with Gasteiger partial charge in [-0.25, -0.2) is 0 Å². The molecule has 1 rings (SSSR count). The van der Waals surface area contributed by atoms with Crippen LogP contribution in [0.3, 0.4) is 0 Å². The van der Waals surface area contributed by atoms with Crippen molar-refractivity contribution in [2.45, 2.75) is 58.0 Å². The number of unbranched alkanes of at least 4 members (excludes halogenated alkanes) is 1. The van der Waals surface area contributed by atoms with Crippen LogP contribution in [0.1, 0.15) is 46.0 Å². The number of likely N-dealkylation sites (N-methyl/N-ethyl adjacent to an activating group) is 1. The highest BCUT2D eigenvalue weighted by Gasteiger charge is 2.25. The summed E-state index contributed by atoms with van der Waals surface area (Å²) in [6, 6.07) is 1.42. The molecule has 14 heavy (non-hydrogen) atoms. The molecule has 1 fully saturated rings. The molecule has 0 radical (unpaired) electrons. The second kappa shape index (κ2) is 6.41. The molecule has 1 saturated heterocycles. The summed E-state index contributed by atoms with van der Waals surface area (Å²) in [7, 11) is 2.08. The first-order valence-corrected chi connectivity index (χ1v) is 6.21. The van der Waals surface area contributed by atoms with Crippen molar-refractivity contribution in [3.63, 3.8) is 0 Å². The Balaban J connectivity index is 2.41. The summed E-state index contributed by atoms with van der Waals surface area (Å²) in [5.74, 6) is 0. The summed E-state index contributed by atoms with van der Waals surface area (Å²) in [6.07, 6.45) is 6.87. The molecule has 1 heterocycles. The van der Waals surface area contributed by atoms with E-state index in [4.69, 9.17) is 0 Å². The Morgan fingerprint density at radius 1 is 1.43 bits per heavy atom. The van der Waals surface area contributed by atoms with E-state index in [2.05, 4.69) is 31.1 Å². The van der Waals surface area contributed by atoms with Gasteiger partial charge in [0.2, 0.25) is 0 Å². The van der Waals surface area contributed by atoms with E-state index < -0.39 is 0 Å². The standard InChI is InChI=1S/C12H26N2/c1-4-5-9-14-10-7-6-8-12(14)11(2)13-3/h11-13H,4-10H2,1-3H3. The third-order valence-electron chi connectivity index (χ3n) is 3.50. The number of hydrogen-bond donors (Lipinski definition) is 1. The maximum atomic E-state index is 3.40.